The summed E-state index contributed by atoms with van der Waals surface area (Å²) < 4.78 is 13.2. The van der Waals surface area contributed by atoms with Gasteiger partial charge in [-0.2, -0.15) is 0 Å². The normalized spacial score (nSPS) is 10.2. The summed E-state index contributed by atoms with van der Waals surface area (Å²) in [6.45, 7) is 1.54. The van der Waals surface area contributed by atoms with Crippen molar-refractivity contribution in [1.82, 2.24) is 0 Å². The first-order chi connectivity index (χ1) is 9.88. The Labute approximate surface area is 120 Å². The lowest BCUT2D eigenvalue weighted by Crippen LogP contribution is -2.15. The molecule has 2 rings (SSSR count). The second-order valence-corrected chi connectivity index (χ2v) is 4.53. The van der Waals surface area contributed by atoms with Crippen molar-refractivity contribution < 1.29 is 19.1 Å². The monoisotopic (exact) mass is 288 g/mol. The third-order valence-electron chi connectivity index (χ3n) is 2.94. The Hall–Kier alpha value is -2.89. The average Bonchev–Trinajstić information content (AvgIpc) is 2.43. The Morgan fingerprint density at radius 1 is 1.19 bits per heavy atom. The molecule has 0 saturated carbocycles. The maximum Gasteiger partial charge on any atom is 0.337 e. The van der Waals surface area contributed by atoms with Crippen LogP contribution >= 0.6 is 0 Å². The van der Waals surface area contributed by atoms with Crippen LogP contribution in [0.1, 0.15) is 26.3 Å². The number of hydrogen-bond acceptors (Lipinski definition) is 3. The molecule has 2 aromatic carbocycles. The first-order valence-electron chi connectivity index (χ1n) is 6.09. The second kappa shape index (κ2) is 5.62. The van der Waals surface area contributed by atoms with Crippen LogP contribution in [0.2, 0.25) is 0 Å². The molecule has 1 amide bonds. The van der Waals surface area contributed by atoms with E-state index in [2.05, 4.69) is 5.32 Å². The molecule has 0 heterocycles. The van der Waals surface area contributed by atoms with Crippen molar-refractivity contribution in [2.45, 2.75) is 6.92 Å². The van der Waals surface area contributed by atoms with Gasteiger partial charge in [0.2, 0.25) is 0 Å². The van der Waals surface area contributed by atoms with Gasteiger partial charge in [0.1, 0.15) is 5.82 Å². The molecule has 0 fully saturated rings. The van der Waals surface area contributed by atoms with Gasteiger partial charge >= 0.3 is 5.97 Å². The molecule has 21 heavy (non-hydrogen) atoms. The lowest BCUT2D eigenvalue weighted by molar-refractivity contribution is 0.0698. The number of aryl methyl sites for hydroxylation is 1. The number of aromatic carboxylic acids is 1. The smallest absolute Gasteiger partial charge is 0.337 e. The summed E-state index contributed by atoms with van der Waals surface area (Å²) in [6, 6.07) is 8.06. The fraction of sp³-hybridized carbons (Fsp3) is 0.0667. The number of benzene rings is 2. The molecule has 4 N–H and O–H groups in total. The predicted molar refractivity (Wildman–Crippen MR) is 76.9 cm³/mol. The fourth-order valence-corrected chi connectivity index (χ4v) is 1.83. The lowest BCUT2D eigenvalue weighted by Gasteiger charge is -2.10. The highest BCUT2D eigenvalue weighted by molar-refractivity contribution is 6.08. The number of nitrogens with one attached hydrogen (secondary N) is 1. The molecule has 0 aliphatic carbocycles. The molecule has 0 atom stereocenters. The van der Waals surface area contributed by atoms with E-state index in [-0.39, 0.29) is 22.5 Å². The zero-order valence-corrected chi connectivity index (χ0v) is 11.2. The molecule has 5 nitrogen and oxygen atoms in total. The molecular formula is C15H13FN2O3. The van der Waals surface area contributed by atoms with Gasteiger partial charge in [-0.3, -0.25) is 4.79 Å². The third kappa shape index (κ3) is 3.17. The van der Waals surface area contributed by atoms with Gasteiger partial charge in [0.25, 0.3) is 5.91 Å². The van der Waals surface area contributed by atoms with E-state index in [1.54, 1.807) is 0 Å². The van der Waals surface area contributed by atoms with Crippen molar-refractivity contribution in [1.29, 1.82) is 0 Å². The summed E-state index contributed by atoms with van der Waals surface area (Å²) in [5.74, 6) is -2.14. The van der Waals surface area contributed by atoms with E-state index in [4.69, 9.17) is 10.8 Å². The molecule has 108 valence electrons. The molecular weight excluding hydrogens is 275 g/mol. The van der Waals surface area contributed by atoms with Crippen molar-refractivity contribution in [3.63, 3.8) is 0 Å². The van der Waals surface area contributed by atoms with Crippen LogP contribution in [0.15, 0.2) is 36.4 Å². The number of carboxylic acids is 1. The highest BCUT2D eigenvalue weighted by atomic mass is 19.1. The van der Waals surface area contributed by atoms with Crippen LogP contribution in [0, 0.1) is 12.7 Å². The minimum absolute atomic E-state index is 0.109. The molecule has 0 unspecified atom stereocenters. The zero-order valence-electron chi connectivity index (χ0n) is 11.2. The van der Waals surface area contributed by atoms with Crippen LogP contribution in [-0.2, 0) is 0 Å². The fourth-order valence-electron chi connectivity index (χ4n) is 1.83. The van der Waals surface area contributed by atoms with Crippen molar-refractivity contribution >= 4 is 23.3 Å². The van der Waals surface area contributed by atoms with Crippen molar-refractivity contribution in [2.24, 2.45) is 0 Å². The van der Waals surface area contributed by atoms with Crippen LogP contribution in [0.4, 0.5) is 15.8 Å². The third-order valence-corrected chi connectivity index (χ3v) is 2.94. The number of hydrogen-bond donors (Lipinski definition) is 3. The summed E-state index contributed by atoms with van der Waals surface area (Å²) >= 11 is 0. The Morgan fingerprint density at radius 2 is 1.90 bits per heavy atom. The Kier molecular flexibility index (Phi) is 3.89. The average molecular weight is 288 g/mol. The zero-order chi connectivity index (χ0) is 15.6. The van der Waals surface area contributed by atoms with Crippen molar-refractivity contribution in [3.8, 4) is 0 Å². The number of amides is 1. The molecule has 2 aromatic rings. The van der Waals surface area contributed by atoms with Gasteiger partial charge in [0, 0.05) is 11.3 Å². The van der Waals surface area contributed by atoms with Gasteiger partial charge in [0.15, 0.2) is 0 Å². The van der Waals surface area contributed by atoms with E-state index < -0.39 is 17.7 Å². The van der Waals surface area contributed by atoms with Crippen molar-refractivity contribution in [3.05, 3.63) is 58.9 Å². The van der Waals surface area contributed by atoms with E-state index in [1.807, 2.05) is 0 Å². The maximum absolute atomic E-state index is 13.2. The van der Waals surface area contributed by atoms with Gasteiger partial charge < -0.3 is 16.2 Å². The minimum Gasteiger partial charge on any atom is -0.478 e. The first-order valence-corrected chi connectivity index (χ1v) is 6.09. The molecule has 0 aromatic heterocycles. The Bertz CT molecular complexity index is 729. The number of rotatable bonds is 3. The van der Waals surface area contributed by atoms with Crippen molar-refractivity contribution in [2.75, 3.05) is 11.1 Å². The highest BCUT2D eigenvalue weighted by Crippen LogP contribution is 2.20. The quantitative estimate of drug-likeness (QED) is 0.757. The Morgan fingerprint density at radius 3 is 2.52 bits per heavy atom. The topological polar surface area (TPSA) is 92.4 Å². The largest absolute Gasteiger partial charge is 0.478 e. The predicted octanol–water partition coefficient (Wildman–Crippen LogP) is 2.67. The highest BCUT2D eigenvalue weighted by Gasteiger charge is 2.14. The SMILES string of the molecule is Cc1cc(C(=O)Nc2ccc(N)cc2C(=O)O)ccc1F. The number of carbonyl (C=O) groups is 2. The summed E-state index contributed by atoms with van der Waals surface area (Å²) in [4.78, 5) is 23.2. The molecule has 0 aliphatic rings. The maximum atomic E-state index is 13.2. The van der Waals surface area contributed by atoms with Gasteiger partial charge in [-0.15, -0.1) is 0 Å². The number of carbonyl (C=O) groups excluding carboxylic acids is 1. The van der Waals surface area contributed by atoms with E-state index in [1.165, 1.54) is 43.3 Å². The Balaban J connectivity index is 2.31. The molecule has 0 saturated heterocycles. The van der Waals surface area contributed by atoms with Crippen LogP contribution in [-0.4, -0.2) is 17.0 Å². The van der Waals surface area contributed by atoms with E-state index >= 15 is 0 Å². The summed E-state index contributed by atoms with van der Waals surface area (Å²) in [5, 5.41) is 11.6. The number of anilines is 2. The van der Waals surface area contributed by atoms with Crippen LogP contribution in [0.5, 0.6) is 0 Å². The lowest BCUT2D eigenvalue weighted by atomic mass is 10.1. The minimum atomic E-state index is -1.20. The van der Waals surface area contributed by atoms with Crippen LogP contribution < -0.4 is 11.1 Å². The first kappa shape index (κ1) is 14.5. The molecule has 0 radical (unpaired) electrons. The van der Waals surface area contributed by atoms with Gasteiger partial charge in [-0.1, -0.05) is 0 Å². The van der Waals surface area contributed by atoms with Gasteiger partial charge in [-0.25, -0.2) is 9.18 Å². The summed E-state index contributed by atoms with van der Waals surface area (Å²) in [6.07, 6.45) is 0. The molecule has 0 bridgehead atoms. The van der Waals surface area contributed by atoms with Crippen LogP contribution in [0.3, 0.4) is 0 Å². The van der Waals surface area contributed by atoms with Gasteiger partial charge in [0.05, 0.1) is 11.3 Å². The van der Waals surface area contributed by atoms with Crippen LogP contribution in [0.25, 0.3) is 0 Å². The standard InChI is InChI=1S/C15H13FN2O3/c1-8-6-9(2-4-12(8)16)14(19)18-13-5-3-10(17)7-11(13)15(20)21/h2-7H,17H2,1H3,(H,18,19)(H,20,21). The number of halogens is 1. The summed E-state index contributed by atoms with van der Waals surface area (Å²) in [5.41, 5.74) is 6.40. The second-order valence-electron chi connectivity index (χ2n) is 4.53. The van der Waals surface area contributed by atoms with E-state index in [0.29, 0.717) is 5.56 Å². The number of nitrogen functional groups attached to an aromatic ring is 1. The number of carboxylic acid groups (broad SMARTS) is 1. The molecule has 6 heteroatoms. The molecule has 0 spiro atoms. The van der Waals surface area contributed by atoms with E-state index in [0.717, 1.165) is 0 Å². The summed E-state index contributed by atoms with van der Waals surface area (Å²) in [7, 11) is 0. The van der Waals surface area contributed by atoms with Gasteiger partial charge in [-0.05, 0) is 48.9 Å². The number of nitrogens with two attached hydrogens (primary N) is 1. The van der Waals surface area contributed by atoms with E-state index in [9.17, 15) is 14.0 Å². The molecule has 0 aliphatic heterocycles.